The molecule has 3 heterocycles. The van der Waals surface area contributed by atoms with Crippen molar-refractivity contribution in [2.75, 3.05) is 39.3 Å². The van der Waals surface area contributed by atoms with Crippen LogP contribution in [0.5, 0.6) is 0 Å². The fourth-order valence-corrected chi connectivity index (χ4v) is 13.2. The van der Waals surface area contributed by atoms with Gasteiger partial charge in [-0.05, 0) is 181 Å². The first-order valence-electron chi connectivity index (χ1n) is 26.0. The van der Waals surface area contributed by atoms with Crippen molar-refractivity contribution in [2.24, 2.45) is 0 Å². The number of hydrogen-bond acceptors (Lipinski definition) is 4. The lowest BCUT2D eigenvalue weighted by Crippen LogP contribution is -2.46. The Bertz CT molecular complexity index is 2860. The van der Waals surface area contributed by atoms with Crippen LogP contribution < -0.4 is 5.32 Å². The highest BCUT2D eigenvalue weighted by Crippen LogP contribution is 2.57. The molecule has 0 bridgehead atoms. The van der Waals surface area contributed by atoms with Crippen molar-refractivity contribution in [1.29, 1.82) is 0 Å². The summed E-state index contributed by atoms with van der Waals surface area (Å²) in [7, 11) is 0. The zero-order valence-electron chi connectivity index (χ0n) is 43.5. The van der Waals surface area contributed by atoms with Crippen LogP contribution >= 0.6 is 0 Å². The first kappa shape index (κ1) is 47.7. The predicted molar refractivity (Wildman–Crippen MR) is 287 cm³/mol. The molecule has 3 fully saturated rings. The summed E-state index contributed by atoms with van der Waals surface area (Å²) in [6, 6.07) is 41.4. The minimum absolute atomic E-state index is 0.0151. The van der Waals surface area contributed by atoms with Crippen molar-refractivity contribution in [3.8, 4) is 33.4 Å². The molecular formula is C64H73N3O3. The Morgan fingerprint density at radius 2 is 0.686 bits per heavy atom. The van der Waals surface area contributed by atoms with Gasteiger partial charge in [0.1, 0.15) is 5.60 Å². The summed E-state index contributed by atoms with van der Waals surface area (Å²) in [6.07, 6.45) is 6.20. The lowest BCUT2D eigenvalue weighted by molar-refractivity contribution is -0.130. The highest BCUT2D eigenvalue weighted by molar-refractivity contribution is 5.84. The second-order valence-corrected chi connectivity index (χ2v) is 22.8. The van der Waals surface area contributed by atoms with Gasteiger partial charge in [-0.1, -0.05) is 143 Å². The molecule has 6 aromatic rings. The second kappa shape index (κ2) is 18.0. The van der Waals surface area contributed by atoms with Gasteiger partial charge in [0.25, 0.3) is 0 Å². The Kier molecular flexibility index (Phi) is 12.3. The van der Waals surface area contributed by atoms with Crippen molar-refractivity contribution in [3.63, 3.8) is 0 Å². The second-order valence-electron chi connectivity index (χ2n) is 22.8. The molecule has 6 nitrogen and oxygen atoms in total. The monoisotopic (exact) mass is 932 g/mol. The van der Waals surface area contributed by atoms with Gasteiger partial charge in [0.2, 0.25) is 5.91 Å². The number of nitrogens with one attached hydrogen (secondary N) is 1. The van der Waals surface area contributed by atoms with Crippen LogP contribution in [0.3, 0.4) is 0 Å². The smallest absolute Gasteiger partial charge is 0.410 e. The van der Waals surface area contributed by atoms with E-state index in [1.807, 2.05) is 30.6 Å². The summed E-state index contributed by atoms with van der Waals surface area (Å²) in [5.41, 5.74) is 25.3. The van der Waals surface area contributed by atoms with E-state index in [0.29, 0.717) is 0 Å². The van der Waals surface area contributed by atoms with Gasteiger partial charge in [-0.2, -0.15) is 0 Å². The average Bonchev–Trinajstić information content (AvgIpc) is 3.83. The van der Waals surface area contributed by atoms with Crippen LogP contribution in [-0.4, -0.2) is 66.7 Å². The van der Waals surface area contributed by atoms with Gasteiger partial charge in [-0.25, -0.2) is 4.79 Å². The topological polar surface area (TPSA) is 61.9 Å². The maximum atomic E-state index is 12.5. The third-order valence-corrected chi connectivity index (χ3v) is 16.8. The van der Waals surface area contributed by atoms with Crippen LogP contribution in [0.4, 0.5) is 4.79 Å². The zero-order valence-corrected chi connectivity index (χ0v) is 43.5. The number of ether oxygens (including phenoxy) is 1. The first-order valence-corrected chi connectivity index (χ1v) is 26.0. The van der Waals surface area contributed by atoms with E-state index in [2.05, 4.69) is 156 Å². The molecule has 0 unspecified atom stereocenters. The van der Waals surface area contributed by atoms with Crippen LogP contribution in [0.25, 0.3) is 33.4 Å². The van der Waals surface area contributed by atoms with E-state index in [-0.39, 0.29) is 28.2 Å². The van der Waals surface area contributed by atoms with Gasteiger partial charge in [0.05, 0.1) is 0 Å². The minimum Gasteiger partial charge on any atom is -0.444 e. The molecule has 3 spiro atoms. The lowest BCUT2D eigenvalue weighted by Gasteiger charge is -2.41. The molecule has 3 saturated heterocycles. The van der Waals surface area contributed by atoms with Crippen molar-refractivity contribution in [3.05, 3.63) is 176 Å². The largest absolute Gasteiger partial charge is 0.444 e. The van der Waals surface area contributed by atoms with Gasteiger partial charge in [-0.15, -0.1) is 0 Å². The summed E-state index contributed by atoms with van der Waals surface area (Å²) in [4.78, 5) is 28.1. The van der Waals surface area contributed by atoms with E-state index < -0.39 is 5.60 Å². The molecule has 3 aliphatic carbocycles. The Labute approximate surface area is 417 Å². The molecule has 1 N–H and O–H groups in total. The molecule has 0 atom stereocenters. The van der Waals surface area contributed by atoms with Gasteiger partial charge in [-0.3, -0.25) is 4.79 Å². The minimum atomic E-state index is -0.451. The van der Waals surface area contributed by atoms with Crippen molar-refractivity contribution in [2.45, 2.75) is 130 Å². The van der Waals surface area contributed by atoms with E-state index in [1.54, 1.807) is 18.1 Å². The van der Waals surface area contributed by atoms with Crippen LogP contribution in [0.15, 0.2) is 109 Å². The van der Waals surface area contributed by atoms with Crippen molar-refractivity contribution in [1.82, 2.24) is 15.1 Å². The number of rotatable bonds is 0. The number of nitrogens with zero attached hydrogens (tertiary/aromatic N) is 2. The quantitative estimate of drug-likeness (QED) is 0.165. The Morgan fingerprint density at radius 1 is 0.429 bits per heavy atom. The van der Waals surface area contributed by atoms with Crippen molar-refractivity contribution >= 4 is 12.0 Å². The first-order chi connectivity index (χ1) is 33.4. The molecule has 6 aliphatic rings. The summed E-state index contributed by atoms with van der Waals surface area (Å²) < 4.78 is 5.59. The number of benzene rings is 6. The number of hydrogen-bond donors (Lipinski definition) is 1. The molecule has 6 heteroatoms. The number of amides is 2. The van der Waals surface area contributed by atoms with Crippen LogP contribution in [0.2, 0.25) is 0 Å². The number of carbonyl (C=O) groups is 2. The molecule has 70 heavy (non-hydrogen) atoms. The van der Waals surface area contributed by atoms with Gasteiger partial charge >= 0.3 is 6.09 Å². The van der Waals surface area contributed by atoms with E-state index in [0.717, 1.165) is 65.0 Å². The van der Waals surface area contributed by atoms with Gasteiger partial charge in [0, 0.05) is 49.3 Å². The highest BCUT2D eigenvalue weighted by atomic mass is 16.6. The van der Waals surface area contributed by atoms with Crippen LogP contribution in [0, 0.1) is 41.5 Å². The van der Waals surface area contributed by atoms with Crippen LogP contribution in [-0.2, 0) is 25.8 Å². The van der Waals surface area contributed by atoms with Gasteiger partial charge in [0.15, 0.2) is 0 Å². The molecule has 6 aromatic carbocycles. The fourth-order valence-electron chi connectivity index (χ4n) is 13.2. The Morgan fingerprint density at radius 3 is 0.943 bits per heavy atom. The third kappa shape index (κ3) is 8.28. The Hall–Kier alpha value is -5.98. The summed E-state index contributed by atoms with van der Waals surface area (Å²) in [6.45, 7) is 26.0. The summed E-state index contributed by atoms with van der Waals surface area (Å²) in [5.74, 6) is 0.201. The zero-order chi connectivity index (χ0) is 49.3. The Balaban J connectivity index is 0.000000123. The van der Waals surface area contributed by atoms with E-state index in [1.165, 1.54) is 102 Å². The molecule has 0 aromatic heterocycles. The SMILES string of the molecule is CC(=O)N1CCC2(CC1)c1cc(C)ccc1-c1ccc(C)cc12.Cc1ccc2c(c1)C1(CCN(C(=O)OC(C)(C)C)CC1)c1cc(C)ccc1-2.Cc1ccc2c(c1)C1(CCNCC1)c1cc(C)ccc1-2. The normalized spacial score (nSPS) is 18.1. The number of aryl methyl sites for hydroxylation is 6. The lowest BCUT2D eigenvalue weighted by atomic mass is 9.70. The predicted octanol–water partition coefficient (Wildman–Crippen LogP) is 13.8. The molecule has 2 amide bonds. The molecule has 362 valence electrons. The highest BCUT2D eigenvalue weighted by Gasteiger charge is 2.48. The maximum absolute atomic E-state index is 12.5. The van der Waals surface area contributed by atoms with Gasteiger partial charge < -0.3 is 19.9 Å². The molecule has 0 saturated carbocycles. The molecule has 0 radical (unpaired) electrons. The standard InChI is InChI=1S/C24H29NO2.C21H23NO.C19H21N/c1-16-6-8-18-19-9-7-17(2)15-21(19)24(20(18)14-16)10-12-25(13-11-24)22(26)27-23(3,4)5;1-14-4-6-17-18-7-5-15(2)13-20(18)21(19(17)12-14)8-10-22(11-9-21)16(3)23;1-13-3-5-15-16-6-4-14(2)12-18(16)19(17(15)11-13)7-9-20-10-8-19/h6-9,14-15H,10-13H2,1-5H3;4-7,12-13H,8-11H2,1-3H3;3-6,11-12,20H,7-10H2,1-2H3. The molecule has 12 rings (SSSR count). The number of likely N-dealkylation sites (tertiary alicyclic amines) is 2. The summed E-state index contributed by atoms with van der Waals surface area (Å²) >= 11 is 0. The third-order valence-electron chi connectivity index (χ3n) is 16.8. The number of carbonyl (C=O) groups excluding carboxylic acids is 2. The maximum Gasteiger partial charge on any atom is 0.410 e. The van der Waals surface area contributed by atoms with Crippen molar-refractivity contribution < 1.29 is 14.3 Å². The van der Waals surface area contributed by atoms with Crippen LogP contribution in [0.1, 0.15) is 133 Å². The number of piperidine rings is 3. The van der Waals surface area contributed by atoms with E-state index in [9.17, 15) is 9.59 Å². The number of fused-ring (bicyclic) bond motifs is 15. The van der Waals surface area contributed by atoms with E-state index in [4.69, 9.17) is 4.74 Å². The summed E-state index contributed by atoms with van der Waals surface area (Å²) in [5, 5.41) is 3.53. The molecular weight excluding hydrogens is 859 g/mol. The fraction of sp³-hybridized carbons (Fsp3) is 0.406. The van der Waals surface area contributed by atoms with E-state index >= 15 is 0 Å². The average molecular weight is 932 g/mol. The molecule has 3 aliphatic heterocycles.